The van der Waals surface area contributed by atoms with Crippen LogP contribution in [-0.4, -0.2) is 29.8 Å². The van der Waals surface area contributed by atoms with Gasteiger partial charge in [-0.1, -0.05) is 19.8 Å². The van der Waals surface area contributed by atoms with Crippen molar-refractivity contribution >= 4 is 16.6 Å². The quantitative estimate of drug-likeness (QED) is 0.611. The van der Waals surface area contributed by atoms with Gasteiger partial charge in [-0.25, -0.2) is 0 Å². The van der Waals surface area contributed by atoms with Crippen molar-refractivity contribution in [1.82, 2.24) is 0 Å². The SMILES string of the molecule is CCCC([Si](C)(C)OCC)[Si](C)(C)OCC. The Morgan fingerprint density at radius 3 is 1.44 bits per heavy atom. The summed E-state index contributed by atoms with van der Waals surface area (Å²) in [6.07, 6.45) is 2.50. The average molecular weight is 263 g/mol. The third kappa shape index (κ3) is 4.69. The molecule has 0 radical (unpaired) electrons. The molecule has 0 aliphatic carbocycles. The summed E-state index contributed by atoms with van der Waals surface area (Å²) in [4.78, 5) is 0. The van der Waals surface area contributed by atoms with Gasteiger partial charge in [-0.05, 0) is 45.2 Å². The third-order valence-electron chi connectivity index (χ3n) is 3.29. The molecule has 0 saturated carbocycles. The van der Waals surface area contributed by atoms with E-state index >= 15 is 0 Å². The van der Waals surface area contributed by atoms with Gasteiger partial charge in [0.2, 0.25) is 0 Å². The van der Waals surface area contributed by atoms with Gasteiger partial charge in [-0.15, -0.1) is 0 Å². The van der Waals surface area contributed by atoms with Crippen LogP contribution in [0.4, 0.5) is 0 Å². The van der Waals surface area contributed by atoms with Crippen LogP contribution in [0.3, 0.4) is 0 Å². The summed E-state index contributed by atoms with van der Waals surface area (Å²) in [5.74, 6) is 0. The fourth-order valence-corrected chi connectivity index (χ4v) is 13.8. The lowest BCUT2D eigenvalue weighted by Gasteiger charge is -2.40. The lowest BCUT2D eigenvalue weighted by molar-refractivity contribution is 0.300. The van der Waals surface area contributed by atoms with Gasteiger partial charge in [0, 0.05) is 13.2 Å². The molecule has 0 N–H and O–H groups in total. The molecule has 0 aromatic rings. The molecule has 0 fully saturated rings. The number of hydrogen-bond donors (Lipinski definition) is 0. The first-order valence-electron chi connectivity index (χ1n) is 6.59. The Morgan fingerprint density at radius 2 is 1.19 bits per heavy atom. The molecule has 0 saturated heterocycles. The van der Waals surface area contributed by atoms with E-state index in [1.165, 1.54) is 12.8 Å². The Labute approximate surface area is 104 Å². The van der Waals surface area contributed by atoms with E-state index in [9.17, 15) is 0 Å². The van der Waals surface area contributed by atoms with E-state index in [2.05, 4.69) is 47.0 Å². The second kappa shape index (κ2) is 6.94. The maximum Gasteiger partial charge on any atom is 0.189 e. The van der Waals surface area contributed by atoms with Gasteiger partial charge >= 0.3 is 0 Å². The van der Waals surface area contributed by atoms with Crippen molar-refractivity contribution in [1.29, 1.82) is 0 Å². The van der Waals surface area contributed by atoms with E-state index in [0.29, 0.717) is 5.16 Å². The largest absolute Gasteiger partial charge is 0.418 e. The first-order chi connectivity index (χ1) is 7.31. The maximum absolute atomic E-state index is 6.07. The maximum atomic E-state index is 6.07. The highest BCUT2D eigenvalue weighted by Gasteiger charge is 2.45. The molecule has 0 amide bonds. The van der Waals surface area contributed by atoms with E-state index < -0.39 is 16.6 Å². The number of rotatable bonds is 8. The third-order valence-corrected chi connectivity index (χ3v) is 13.5. The number of hydrogen-bond acceptors (Lipinski definition) is 2. The van der Waals surface area contributed by atoms with Crippen LogP contribution in [0.1, 0.15) is 33.6 Å². The molecule has 98 valence electrons. The predicted octanol–water partition coefficient (Wildman–Crippen LogP) is 4.18. The van der Waals surface area contributed by atoms with Gasteiger partial charge in [0.15, 0.2) is 16.6 Å². The van der Waals surface area contributed by atoms with Crippen LogP contribution in [0.15, 0.2) is 0 Å². The van der Waals surface area contributed by atoms with Crippen LogP contribution in [0.25, 0.3) is 0 Å². The Morgan fingerprint density at radius 1 is 0.812 bits per heavy atom. The van der Waals surface area contributed by atoms with Gasteiger partial charge < -0.3 is 8.85 Å². The van der Waals surface area contributed by atoms with Gasteiger partial charge in [0.25, 0.3) is 0 Å². The van der Waals surface area contributed by atoms with Crippen molar-refractivity contribution in [2.24, 2.45) is 0 Å². The molecular weight excluding hydrogens is 232 g/mol. The predicted molar refractivity (Wildman–Crippen MR) is 76.9 cm³/mol. The smallest absolute Gasteiger partial charge is 0.189 e. The second-order valence-electron chi connectivity index (χ2n) is 5.41. The summed E-state index contributed by atoms with van der Waals surface area (Å²) in [7, 11) is -3.18. The minimum absolute atomic E-state index is 0.699. The van der Waals surface area contributed by atoms with Crippen LogP contribution < -0.4 is 0 Å². The summed E-state index contributed by atoms with van der Waals surface area (Å²) in [6, 6.07) is 0. The van der Waals surface area contributed by atoms with Crippen LogP contribution in [-0.2, 0) is 8.85 Å². The summed E-state index contributed by atoms with van der Waals surface area (Å²) >= 11 is 0. The molecule has 0 heterocycles. The molecule has 0 atom stereocenters. The molecule has 2 nitrogen and oxygen atoms in total. The van der Waals surface area contributed by atoms with Crippen molar-refractivity contribution in [3.8, 4) is 0 Å². The van der Waals surface area contributed by atoms with E-state index in [-0.39, 0.29) is 0 Å². The van der Waals surface area contributed by atoms with Crippen LogP contribution >= 0.6 is 0 Å². The van der Waals surface area contributed by atoms with E-state index in [0.717, 1.165) is 13.2 Å². The normalized spacial score (nSPS) is 13.5. The minimum Gasteiger partial charge on any atom is -0.418 e. The molecule has 0 aliphatic heterocycles. The van der Waals surface area contributed by atoms with E-state index in [4.69, 9.17) is 8.85 Å². The zero-order valence-corrected chi connectivity index (χ0v) is 14.2. The standard InChI is InChI=1S/C12H30O2Si2/c1-8-11-12(15(4,5)13-9-2)16(6,7)14-10-3/h12H,8-11H2,1-7H3. The summed E-state index contributed by atoms with van der Waals surface area (Å²) in [5, 5.41) is 0.699. The molecule has 0 unspecified atom stereocenters. The minimum atomic E-state index is -1.59. The Kier molecular flexibility index (Phi) is 7.09. The van der Waals surface area contributed by atoms with Crippen molar-refractivity contribution in [3.63, 3.8) is 0 Å². The first-order valence-corrected chi connectivity index (χ1v) is 12.6. The highest BCUT2D eigenvalue weighted by atomic mass is 28.4. The molecule has 4 heteroatoms. The molecule has 0 aromatic heterocycles. The summed E-state index contributed by atoms with van der Waals surface area (Å²) < 4.78 is 12.1. The van der Waals surface area contributed by atoms with Crippen molar-refractivity contribution in [3.05, 3.63) is 0 Å². The molecule has 0 bridgehead atoms. The molecule has 0 spiro atoms. The molecule has 0 aromatic carbocycles. The highest BCUT2D eigenvalue weighted by molar-refractivity contribution is 6.91. The monoisotopic (exact) mass is 262 g/mol. The van der Waals surface area contributed by atoms with Crippen LogP contribution in [0.5, 0.6) is 0 Å². The van der Waals surface area contributed by atoms with Gasteiger partial charge in [0.05, 0.1) is 0 Å². The molecule has 16 heavy (non-hydrogen) atoms. The second-order valence-corrected chi connectivity index (χ2v) is 14.4. The Balaban J connectivity index is 4.83. The van der Waals surface area contributed by atoms with Gasteiger partial charge in [-0.3, -0.25) is 0 Å². The van der Waals surface area contributed by atoms with Crippen LogP contribution in [0.2, 0.25) is 31.4 Å². The van der Waals surface area contributed by atoms with E-state index in [1.54, 1.807) is 0 Å². The Bertz CT molecular complexity index is 175. The summed E-state index contributed by atoms with van der Waals surface area (Å²) in [6.45, 7) is 17.6. The topological polar surface area (TPSA) is 18.5 Å². The molecule has 0 rings (SSSR count). The fraction of sp³-hybridized carbons (Fsp3) is 1.00. The van der Waals surface area contributed by atoms with Gasteiger partial charge in [-0.2, -0.15) is 0 Å². The van der Waals surface area contributed by atoms with Crippen molar-refractivity contribution < 1.29 is 8.85 Å². The van der Waals surface area contributed by atoms with Crippen LogP contribution in [0, 0.1) is 0 Å². The first kappa shape index (κ1) is 16.4. The van der Waals surface area contributed by atoms with Gasteiger partial charge in [0.1, 0.15) is 0 Å². The van der Waals surface area contributed by atoms with E-state index in [1.807, 2.05) is 0 Å². The lowest BCUT2D eigenvalue weighted by Crippen LogP contribution is -2.51. The zero-order valence-electron chi connectivity index (χ0n) is 12.2. The lowest BCUT2D eigenvalue weighted by atomic mass is 10.4. The zero-order chi connectivity index (χ0) is 12.8. The van der Waals surface area contributed by atoms with Crippen molar-refractivity contribution in [2.75, 3.05) is 13.2 Å². The molecule has 0 aliphatic rings. The van der Waals surface area contributed by atoms with Crippen molar-refractivity contribution in [2.45, 2.75) is 65.0 Å². The Hall–Kier alpha value is 0.354. The molecular formula is C12H30O2Si2. The summed E-state index contributed by atoms with van der Waals surface area (Å²) in [5.41, 5.74) is 0. The fourth-order valence-electron chi connectivity index (χ4n) is 2.77. The average Bonchev–Trinajstić information content (AvgIpc) is 2.13. The highest BCUT2D eigenvalue weighted by Crippen LogP contribution is 2.37.